The molecule has 126 valence electrons. The SMILES string of the molecule is Cc1ccc2[nH]c3c(NCCC[NH+]4CCOCC4)ncnc3c2c1. The van der Waals surface area contributed by atoms with Crippen molar-refractivity contribution in [3.05, 3.63) is 30.1 Å². The number of hydrogen-bond acceptors (Lipinski definition) is 4. The summed E-state index contributed by atoms with van der Waals surface area (Å²) in [6.45, 7) is 8.24. The lowest BCUT2D eigenvalue weighted by Crippen LogP contribution is -3.14. The Labute approximate surface area is 141 Å². The molecule has 1 aliphatic heterocycles. The summed E-state index contributed by atoms with van der Waals surface area (Å²) in [6, 6.07) is 6.40. The van der Waals surface area contributed by atoms with Gasteiger partial charge in [-0.25, -0.2) is 9.97 Å². The molecule has 24 heavy (non-hydrogen) atoms. The Balaban J connectivity index is 1.46. The average Bonchev–Trinajstić information content (AvgIpc) is 2.98. The number of fused-ring (bicyclic) bond motifs is 3. The van der Waals surface area contributed by atoms with Crippen LogP contribution in [0.25, 0.3) is 21.9 Å². The molecule has 1 aliphatic rings. The monoisotopic (exact) mass is 326 g/mol. The van der Waals surface area contributed by atoms with Crippen LogP contribution in [-0.4, -0.2) is 54.3 Å². The summed E-state index contributed by atoms with van der Waals surface area (Å²) in [5.74, 6) is 0.894. The Bertz CT molecular complexity index is 838. The first kappa shape index (κ1) is 15.4. The van der Waals surface area contributed by atoms with Crippen LogP contribution in [0.2, 0.25) is 0 Å². The third kappa shape index (κ3) is 3.07. The molecule has 3 aromatic rings. The van der Waals surface area contributed by atoms with E-state index in [2.05, 4.69) is 45.4 Å². The zero-order valence-electron chi connectivity index (χ0n) is 14.1. The topological polar surface area (TPSA) is 67.3 Å². The molecule has 1 saturated heterocycles. The highest BCUT2D eigenvalue weighted by molar-refractivity contribution is 6.08. The minimum absolute atomic E-state index is 0.893. The van der Waals surface area contributed by atoms with E-state index < -0.39 is 0 Å². The van der Waals surface area contributed by atoms with E-state index >= 15 is 0 Å². The van der Waals surface area contributed by atoms with E-state index in [0.717, 1.165) is 67.0 Å². The van der Waals surface area contributed by atoms with Crippen LogP contribution in [-0.2, 0) is 4.74 Å². The maximum absolute atomic E-state index is 5.40. The minimum atomic E-state index is 0.893. The lowest BCUT2D eigenvalue weighted by Gasteiger charge is -2.23. The fourth-order valence-corrected chi connectivity index (χ4v) is 3.40. The summed E-state index contributed by atoms with van der Waals surface area (Å²) in [5, 5.41) is 4.64. The third-order valence-corrected chi connectivity index (χ3v) is 4.74. The summed E-state index contributed by atoms with van der Waals surface area (Å²) in [6.07, 6.45) is 2.77. The van der Waals surface area contributed by atoms with Crippen LogP contribution in [0.5, 0.6) is 0 Å². The van der Waals surface area contributed by atoms with Crippen LogP contribution in [0.1, 0.15) is 12.0 Å². The second-order valence-electron chi connectivity index (χ2n) is 6.51. The third-order valence-electron chi connectivity index (χ3n) is 4.74. The fraction of sp³-hybridized carbons (Fsp3) is 0.444. The van der Waals surface area contributed by atoms with Crippen LogP contribution in [0, 0.1) is 6.92 Å². The molecule has 0 radical (unpaired) electrons. The number of H-pyrrole nitrogens is 1. The van der Waals surface area contributed by atoms with Crippen molar-refractivity contribution in [1.29, 1.82) is 0 Å². The quantitative estimate of drug-likeness (QED) is 0.615. The Morgan fingerprint density at radius 3 is 3.00 bits per heavy atom. The molecule has 0 unspecified atom stereocenters. The van der Waals surface area contributed by atoms with Gasteiger partial charge in [0.25, 0.3) is 0 Å². The van der Waals surface area contributed by atoms with Crippen molar-refractivity contribution in [2.24, 2.45) is 0 Å². The summed E-state index contributed by atoms with van der Waals surface area (Å²) in [7, 11) is 0. The highest BCUT2D eigenvalue weighted by atomic mass is 16.5. The van der Waals surface area contributed by atoms with E-state index in [1.807, 2.05) is 0 Å². The van der Waals surface area contributed by atoms with Crippen LogP contribution in [0.3, 0.4) is 0 Å². The second kappa shape index (κ2) is 6.75. The molecule has 0 spiro atoms. The fourth-order valence-electron chi connectivity index (χ4n) is 3.40. The number of aromatic nitrogens is 3. The molecule has 0 bridgehead atoms. The molecule has 0 amide bonds. The molecule has 0 atom stereocenters. The Morgan fingerprint density at radius 1 is 1.25 bits per heavy atom. The second-order valence-corrected chi connectivity index (χ2v) is 6.51. The van der Waals surface area contributed by atoms with Crippen molar-refractivity contribution in [2.75, 3.05) is 44.7 Å². The summed E-state index contributed by atoms with van der Waals surface area (Å²) < 4.78 is 5.40. The Morgan fingerprint density at radius 2 is 2.12 bits per heavy atom. The maximum Gasteiger partial charge on any atom is 0.153 e. The number of aromatic amines is 1. The molecule has 2 aromatic heterocycles. The van der Waals surface area contributed by atoms with E-state index in [-0.39, 0.29) is 0 Å². The number of quaternary nitrogens is 1. The average molecular weight is 326 g/mol. The van der Waals surface area contributed by atoms with Crippen molar-refractivity contribution in [3.8, 4) is 0 Å². The normalized spacial score (nSPS) is 16.0. The predicted octanol–water partition coefficient (Wildman–Crippen LogP) is 1.14. The number of anilines is 1. The number of benzene rings is 1. The first-order chi connectivity index (χ1) is 11.8. The first-order valence-corrected chi connectivity index (χ1v) is 8.69. The molecule has 0 saturated carbocycles. The maximum atomic E-state index is 5.40. The number of rotatable bonds is 5. The minimum Gasteiger partial charge on any atom is -0.370 e. The van der Waals surface area contributed by atoms with Crippen LogP contribution < -0.4 is 10.2 Å². The van der Waals surface area contributed by atoms with E-state index in [1.165, 1.54) is 12.1 Å². The molecule has 0 aliphatic carbocycles. The lowest BCUT2D eigenvalue weighted by atomic mass is 10.1. The lowest BCUT2D eigenvalue weighted by molar-refractivity contribution is -0.908. The summed E-state index contributed by atoms with van der Waals surface area (Å²) >= 11 is 0. The van der Waals surface area contributed by atoms with E-state index in [0.29, 0.717) is 0 Å². The van der Waals surface area contributed by atoms with Gasteiger partial charge < -0.3 is 19.9 Å². The highest BCUT2D eigenvalue weighted by Gasteiger charge is 2.13. The number of morpholine rings is 1. The van der Waals surface area contributed by atoms with Gasteiger partial charge >= 0.3 is 0 Å². The zero-order chi connectivity index (χ0) is 16.4. The van der Waals surface area contributed by atoms with Gasteiger partial charge in [-0.3, -0.25) is 0 Å². The molecular formula is C18H24N5O+. The number of ether oxygens (including phenoxy) is 1. The number of hydrogen-bond donors (Lipinski definition) is 3. The van der Waals surface area contributed by atoms with Gasteiger partial charge in [0.2, 0.25) is 0 Å². The summed E-state index contributed by atoms with van der Waals surface area (Å²) in [4.78, 5) is 14.0. The van der Waals surface area contributed by atoms with Gasteiger partial charge in [-0.2, -0.15) is 0 Å². The van der Waals surface area contributed by atoms with Gasteiger partial charge in [0.05, 0.1) is 19.8 Å². The number of nitrogens with one attached hydrogen (secondary N) is 3. The molecule has 6 nitrogen and oxygen atoms in total. The van der Waals surface area contributed by atoms with E-state index in [4.69, 9.17) is 4.74 Å². The molecule has 1 fully saturated rings. The molecule has 3 heterocycles. The molecule has 3 N–H and O–H groups in total. The van der Waals surface area contributed by atoms with Gasteiger partial charge in [-0.15, -0.1) is 0 Å². The largest absolute Gasteiger partial charge is 0.370 e. The molecule has 4 rings (SSSR count). The number of nitrogens with zero attached hydrogens (tertiary/aromatic N) is 2. The van der Waals surface area contributed by atoms with Crippen molar-refractivity contribution in [3.63, 3.8) is 0 Å². The molecular weight excluding hydrogens is 302 g/mol. The van der Waals surface area contributed by atoms with Gasteiger partial charge in [-0.05, 0) is 19.1 Å². The van der Waals surface area contributed by atoms with E-state index in [9.17, 15) is 0 Å². The number of aryl methyl sites for hydroxylation is 1. The highest BCUT2D eigenvalue weighted by Crippen LogP contribution is 2.27. The smallest absolute Gasteiger partial charge is 0.153 e. The van der Waals surface area contributed by atoms with Gasteiger partial charge in [-0.1, -0.05) is 11.6 Å². The van der Waals surface area contributed by atoms with Crippen LogP contribution >= 0.6 is 0 Å². The van der Waals surface area contributed by atoms with Crippen LogP contribution in [0.4, 0.5) is 5.82 Å². The standard InChI is InChI=1S/C18H23N5O/c1-13-3-4-15-14(11-13)16-17(22-15)18(21-12-20-16)19-5-2-6-23-7-9-24-10-8-23/h3-4,11-12,22H,2,5-10H2,1H3,(H,19,20,21)/p+1. The first-order valence-electron chi connectivity index (χ1n) is 8.69. The Hall–Kier alpha value is -2.18. The Kier molecular flexibility index (Phi) is 4.32. The zero-order valence-corrected chi connectivity index (χ0v) is 14.1. The van der Waals surface area contributed by atoms with Gasteiger partial charge in [0.15, 0.2) is 5.82 Å². The van der Waals surface area contributed by atoms with E-state index in [1.54, 1.807) is 11.2 Å². The molecule has 1 aromatic carbocycles. The van der Waals surface area contributed by atoms with Gasteiger partial charge in [0.1, 0.15) is 30.5 Å². The van der Waals surface area contributed by atoms with Crippen molar-refractivity contribution >= 4 is 27.8 Å². The van der Waals surface area contributed by atoms with Crippen molar-refractivity contribution in [1.82, 2.24) is 15.0 Å². The molecule has 6 heteroatoms. The van der Waals surface area contributed by atoms with Crippen molar-refractivity contribution < 1.29 is 9.64 Å². The van der Waals surface area contributed by atoms with Gasteiger partial charge in [0, 0.05) is 23.9 Å². The van der Waals surface area contributed by atoms with Crippen molar-refractivity contribution in [2.45, 2.75) is 13.3 Å². The predicted molar refractivity (Wildman–Crippen MR) is 95.6 cm³/mol. The summed E-state index contributed by atoms with van der Waals surface area (Å²) in [5.41, 5.74) is 4.34. The van der Waals surface area contributed by atoms with Crippen LogP contribution in [0.15, 0.2) is 24.5 Å².